The summed E-state index contributed by atoms with van der Waals surface area (Å²) >= 11 is 0. The highest BCUT2D eigenvalue weighted by Gasteiger charge is 2.25. The van der Waals surface area contributed by atoms with Crippen LogP contribution in [0, 0.1) is 13.8 Å². The van der Waals surface area contributed by atoms with Crippen LogP contribution in [0.25, 0.3) is 0 Å². The Morgan fingerprint density at radius 1 is 1.06 bits per heavy atom. The van der Waals surface area contributed by atoms with Crippen molar-refractivity contribution in [2.75, 3.05) is 11.9 Å². The van der Waals surface area contributed by atoms with Gasteiger partial charge in [-0.25, -0.2) is 0 Å². The van der Waals surface area contributed by atoms with Gasteiger partial charge in [-0.2, -0.15) is 0 Å². The van der Waals surface area contributed by atoms with Gasteiger partial charge >= 0.3 is 0 Å². The van der Waals surface area contributed by atoms with Crippen molar-refractivity contribution in [2.24, 2.45) is 5.73 Å². The Bertz CT molecular complexity index is 1100. The summed E-state index contributed by atoms with van der Waals surface area (Å²) in [5, 5.41) is 16.4. The molecule has 1 heterocycles. The molecule has 1 amide bonds. The van der Waals surface area contributed by atoms with Crippen LogP contribution in [-0.4, -0.2) is 23.6 Å². The van der Waals surface area contributed by atoms with Crippen LogP contribution in [0.5, 0.6) is 5.75 Å². The number of anilines is 1. The third-order valence-corrected chi connectivity index (χ3v) is 6.54. The van der Waals surface area contributed by atoms with Gasteiger partial charge in [0.2, 0.25) is 5.91 Å². The van der Waals surface area contributed by atoms with Gasteiger partial charge in [0.25, 0.3) is 0 Å². The van der Waals surface area contributed by atoms with Crippen molar-refractivity contribution in [3.05, 3.63) is 94.0 Å². The Morgan fingerprint density at radius 2 is 1.76 bits per heavy atom. The second kappa shape index (κ2) is 10.1. The number of benzene rings is 3. The van der Waals surface area contributed by atoms with Crippen molar-refractivity contribution >= 4 is 11.6 Å². The third kappa shape index (κ3) is 5.55. The maximum Gasteiger partial charge on any atom is 0.237 e. The normalized spacial score (nSPS) is 15.9. The molecule has 5 heteroatoms. The predicted molar refractivity (Wildman–Crippen MR) is 134 cm³/mol. The van der Waals surface area contributed by atoms with Gasteiger partial charge in [-0.15, -0.1) is 0 Å². The highest BCUT2D eigenvalue weighted by Crippen LogP contribution is 2.31. The number of nitrogens with two attached hydrogens (primary N) is 1. The first-order valence-electron chi connectivity index (χ1n) is 11.7. The fourth-order valence-corrected chi connectivity index (χ4v) is 4.69. The standard InChI is InChI=1S/C28H33N3O2/c1-18-14-22(32)15-19(2)23(18)17-25(29)28(33)31-27-12-13-30-26-11-10-21(16-24(26)27)9-8-20-6-4-3-5-7-20/h3-7,10-11,14-16,25,27,30,32H,8-9,12-13,17,29H2,1-2H3,(H,31,33)/t25-,27-/m0/s1. The number of aryl methyl sites for hydroxylation is 4. The molecule has 0 radical (unpaired) electrons. The van der Waals surface area contributed by atoms with Crippen LogP contribution in [0.1, 0.15) is 45.8 Å². The molecule has 5 N–H and O–H groups in total. The van der Waals surface area contributed by atoms with Gasteiger partial charge in [-0.3, -0.25) is 4.79 Å². The summed E-state index contributed by atoms with van der Waals surface area (Å²) in [7, 11) is 0. The zero-order valence-corrected chi connectivity index (χ0v) is 19.4. The minimum Gasteiger partial charge on any atom is -0.508 e. The van der Waals surface area contributed by atoms with E-state index >= 15 is 0 Å². The zero-order chi connectivity index (χ0) is 23.4. The largest absolute Gasteiger partial charge is 0.508 e. The lowest BCUT2D eigenvalue weighted by Crippen LogP contribution is -2.44. The minimum atomic E-state index is -0.647. The van der Waals surface area contributed by atoms with Crippen LogP contribution in [-0.2, 0) is 24.1 Å². The molecule has 172 valence electrons. The number of carbonyl (C=O) groups is 1. The Balaban J connectivity index is 1.44. The summed E-state index contributed by atoms with van der Waals surface area (Å²) < 4.78 is 0. The van der Waals surface area contributed by atoms with Crippen molar-refractivity contribution in [3.63, 3.8) is 0 Å². The van der Waals surface area contributed by atoms with Gasteiger partial charge in [-0.05, 0) is 91.1 Å². The van der Waals surface area contributed by atoms with Crippen molar-refractivity contribution in [1.29, 1.82) is 0 Å². The van der Waals surface area contributed by atoms with E-state index in [1.807, 2.05) is 19.9 Å². The fraction of sp³-hybridized carbons (Fsp3) is 0.321. The lowest BCUT2D eigenvalue weighted by molar-refractivity contribution is -0.123. The average molecular weight is 444 g/mol. The van der Waals surface area contributed by atoms with E-state index in [-0.39, 0.29) is 17.7 Å². The van der Waals surface area contributed by atoms with Gasteiger partial charge in [0.05, 0.1) is 12.1 Å². The van der Waals surface area contributed by atoms with Crippen LogP contribution >= 0.6 is 0 Å². The third-order valence-electron chi connectivity index (χ3n) is 6.54. The van der Waals surface area contributed by atoms with Crippen molar-refractivity contribution in [1.82, 2.24) is 5.32 Å². The number of aromatic hydroxyl groups is 1. The quantitative estimate of drug-likeness (QED) is 0.438. The molecule has 3 aromatic carbocycles. The van der Waals surface area contributed by atoms with Crippen molar-refractivity contribution in [2.45, 2.75) is 51.6 Å². The summed E-state index contributed by atoms with van der Waals surface area (Å²) in [4.78, 5) is 13.0. The molecular formula is C28H33N3O2. The number of phenols is 1. The molecule has 0 aliphatic carbocycles. The maximum absolute atomic E-state index is 13.0. The molecule has 0 fully saturated rings. The minimum absolute atomic E-state index is 0.0570. The molecule has 0 bridgehead atoms. The second-order valence-electron chi connectivity index (χ2n) is 9.05. The average Bonchev–Trinajstić information content (AvgIpc) is 2.80. The summed E-state index contributed by atoms with van der Waals surface area (Å²) in [5.74, 6) is 0.0931. The van der Waals surface area contributed by atoms with Gasteiger partial charge in [-0.1, -0.05) is 42.5 Å². The van der Waals surface area contributed by atoms with Crippen LogP contribution in [0.15, 0.2) is 60.7 Å². The Hall–Kier alpha value is -3.31. The van der Waals surface area contributed by atoms with E-state index in [2.05, 4.69) is 53.1 Å². The van der Waals surface area contributed by atoms with Gasteiger partial charge in [0.15, 0.2) is 0 Å². The van der Waals surface area contributed by atoms with Crippen LogP contribution in [0.4, 0.5) is 5.69 Å². The Morgan fingerprint density at radius 3 is 2.48 bits per heavy atom. The number of phenolic OH excluding ortho intramolecular Hbond substituents is 1. The molecule has 33 heavy (non-hydrogen) atoms. The first-order valence-corrected chi connectivity index (χ1v) is 11.7. The van der Waals surface area contributed by atoms with Crippen molar-refractivity contribution < 1.29 is 9.90 Å². The molecule has 0 saturated heterocycles. The summed E-state index contributed by atoms with van der Waals surface area (Å²) in [6.45, 7) is 4.69. The molecule has 0 unspecified atom stereocenters. The van der Waals surface area contributed by atoms with Gasteiger partial charge in [0, 0.05) is 12.2 Å². The highest BCUT2D eigenvalue weighted by atomic mass is 16.3. The molecule has 0 aromatic heterocycles. The topological polar surface area (TPSA) is 87.4 Å². The molecule has 2 atom stereocenters. The summed E-state index contributed by atoms with van der Waals surface area (Å²) in [6.07, 6.45) is 3.21. The Labute approximate surface area is 196 Å². The van der Waals surface area contributed by atoms with Crippen LogP contribution in [0.2, 0.25) is 0 Å². The molecule has 0 saturated carbocycles. The number of carbonyl (C=O) groups excluding carboxylic acids is 1. The fourth-order valence-electron chi connectivity index (χ4n) is 4.69. The first-order chi connectivity index (χ1) is 15.9. The molecule has 1 aliphatic heterocycles. The van der Waals surface area contributed by atoms with E-state index in [1.165, 1.54) is 11.1 Å². The van der Waals surface area contributed by atoms with E-state index in [1.54, 1.807) is 12.1 Å². The zero-order valence-electron chi connectivity index (χ0n) is 19.4. The monoisotopic (exact) mass is 443 g/mol. The lowest BCUT2D eigenvalue weighted by Gasteiger charge is -2.29. The van der Waals surface area contributed by atoms with E-state index in [0.29, 0.717) is 6.42 Å². The maximum atomic E-state index is 13.0. The highest BCUT2D eigenvalue weighted by molar-refractivity contribution is 5.82. The number of amides is 1. The second-order valence-corrected chi connectivity index (χ2v) is 9.05. The molecule has 3 aromatic rings. The summed E-state index contributed by atoms with van der Waals surface area (Å²) in [6, 6.07) is 19.7. The van der Waals surface area contributed by atoms with Crippen molar-refractivity contribution in [3.8, 4) is 5.75 Å². The van der Waals surface area contributed by atoms with Gasteiger partial charge < -0.3 is 21.5 Å². The number of hydrogen-bond acceptors (Lipinski definition) is 4. The number of nitrogens with one attached hydrogen (secondary N) is 2. The molecular weight excluding hydrogens is 410 g/mol. The first kappa shape index (κ1) is 22.9. The molecule has 4 rings (SSSR count). The molecule has 5 nitrogen and oxygen atoms in total. The SMILES string of the molecule is Cc1cc(O)cc(C)c1C[C@H](N)C(=O)N[C@H]1CCNc2ccc(CCc3ccccc3)cc21. The number of fused-ring (bicyclic) bond motifs is 1. The smallest absolute Gasteiger partial charge is 0.237 e. The molecule has 1 aliphatic rings. The van der Waals surface area contributed by atoms with Crippen LogP contribution in [0.3, 0.4) is 0 Å². The Kier molecular flexibility index (Phi) is 6.99. The van der Waals surface area contributed by atoms with Gasteiger partial charge in [0.1, 0.15) is 5.75 Å². The van der Waals surface area contributed by atoms with E-state index in [0.717, 1.165) is 53.7 Å². The number of rotatable bonds is 7. The predicted octanol–water partition coefficient (Wildman–Crippen LogP) is 4.34. The van der Waals surface area contributed by atoms with E-state index in [9.17, 15) is 9.90 Å². The molecule has 0 spiro atoms. The van der Waals surface area contributed by atoms with Crippen LogP contribution < -0.4 is 16.4 Å². The lowest BCUT2D eigenvalue weighted by atomic mass is 9.93. The van der Waals surface area contributed by atoms with E-state index < -0.39 is 6.04 Å². The summed E-state index contributed by atoms with van der Waals surface area (Å²) in [5.41, 5.74) is 14.0. The number of hydrogen-bond donors (Lipinski definition) is 4. The van der Waals surface area contributed by atoms with E-state index in [4.69, 9.17) is 5.73 Å².